The zero-order valence-corrected chi connectivity index (χ0v) is 66.6. The average molecular weight is 1450 g/mol. The molecule has 588 valence electrons. The van der Waals surface area contributed by atoms with Gasteiger partial charge in [-0.15, -0.1) is 0 Å². The molecule has 17 nitrogen and oxygen atoms in total. The summed E-state index contributed by atoms with van der Waals surface area (Å²) < 4.78 is 68.7. The summed E-state index contributed by atoms with van der Waals surface area (Å²) >= 11 is 0. The van der Waals surface area contributed by atoms with Crippen LogP contribution in [-0.4, -0.2) is 96.7 Å². The van der Waals surface area contributed by atoms with Gasteiger partial charge in [-0.05, 0) is 37.5 Å². The van der Waals surface area contributed by atoms with Gasteiger partial charge in [0.2, 0.25) is 0 Å². The summed E-state index contributed by atoms with van der Waals surface area (Å²) in [6, 6.07) is 0. The number of unbranched alkanes of at least 4 members (excludes halogenated alkanes) is 48. The quantitative estimate of drug-likeness (QED) is 0.0222. The van der Waals surface area contributed by atoms with Crippen LogP contribution in [0.2, 0.25) is 0 Å². The van der Waals surface area contributed by atoms with Crippen molar-refractivity contribution in [1.29, 1.82) is 0 Å². The predicted octanol–water partition coefficient (Wildman–Crippen LogP) is 23.9. The topological polar surface area (TPSA) is 237 Å². The Bertz CT molecular complexity index is 1910. The summed E-state index contributed by atoms with van der Waals surface area (Å²) in [7, 11) is -9.92. The van der Waals surface area contributed by atoms with E-state index in [1.165, 1.54) is 231 Å². The highest BCUT2D eigenvalue weighted by atomic mass is 31.2. The second-order valence-corrected chi connectivity index (χ2v) is 32.4. The first-order valence-electron chi connectivity index (χ1n) is 41.5. The molecule has 0 spiro atoms. The van der Waals surface area contributed by atoms with E-state index >= 15 is 0 Å². The number of hydrogen-bond donors (Lipinski definition) is 3. The molecule has 0 aromatic carbocycles. The maximum Gasteiger partial charge on any atom is 0.472 e. The van der Waals surface area contributed by atoms with E-state index in [1.54, 1.807) is 0 Å². The van der Waals surface area contributed by atoms with Crippen molar-refractivity contribution in [1.82, 2.24) is 0 Å². The number of hydrogen-bond acceptors (Lipinski definition) is 15. The number of aliphatic hydroxyl groups is 1. The third-order valence-electron chi connectivity index (χ3n) is 19.1. The molecule has 0 aromatic heterocycles. The highest BCUT2D eigenvalue weighted by Crippen LogP contribution is 2.45. The fourth-order valence-corrected chi connectivity index (χ4v) is 13.9. The van der Waals surface area contributed by atoms with Crippen molar-refractivity contribution < 1.29 is 80.2 Å². The summed E-state index contributed by atoms with van der Waals surface area (Å²) in [6.45, 7) is 9.62. The van der Waals surface area contributed by atoms with Gasteiger partial charge < -0.3 is 33.8 Å². The number of carbonyl (C=O) groups is 4. The van der Waals surface area contributed by atoms with E-state index in [4.69, 9.17) is 37.0 Å². The summed E-state index contributed by atoms with van der Waals surface area (Å²) in [4.78, 5) is 73.0. The van der Waals surface area contributed by atoms with Crippen LogP contribution >= 0.6 is 15.6 Å². The molecule has 0 aliphatic carbocycles. The van der Waals surface area contributed by atoms with Crippen LogP contribution in [0.5, 0.6) is 0 Å². The molecule has 0 rings (SSSR count). The lowest BCUT2D eigenvalue weighted by Gasteiger charge is -2.21. The minimum Gasteiger partial charge on any atom is -0.462 e. The van der Waals surface area contributed by atoms with Crippen LogP contribution in [0.4, 0.5) is 0 Å². The monoisotopic (exact) mass is 1450 g/mol. The molecular weight excluding hydrogens is 1290 g/mol. The minimum absolute atomic E-state index is 0.107. The lowest BCUT2D eigenvalue weighted by Crippen LogP contribution is -2.30. The van der Waals surface area contributed by atoms with Gasteiger partial charge in [-0.25, -0.2) is 9.13 Å². The molecule has 0 aromatic rings. The van der Waals surface area contributed by atoms with E-state index in [-0.39, 0.29) is 25.7 Å². The van der Waals surface area contributed by atoms with Crippen molar-refractivity contribution in [3.8, 4) is 0 Å². The Morgan fingerprint density at radius 3 is 0.768 bits per heavy atom. The van der Waals surface area contributed by atoms with Crippen molar-refractivity contribution in [3.63, 3.8) is 0 Å². The largest absolute Gasteiger partial charge is 0.472 e. The Labute approximate surface area is 607 Å². The lowest BCUT2D eigenvalue weighted by molar-refractivity contribution is -0.161. The van der Waals surface area contributed by atoms with Crippen LogP contribution in [0.1, 0.15) is 420 Å². The van der Waals surface area contributed by atoms with E-state index < -0.39 is 97.5 Å². The van der Waals surface area contributed by atoms with Gasteiger partial charge in [-0.3, -0.25) is 37.3 Å². The molecule has 3 unspecified atom stereocenters. The van der Waals surface area contributed by atoms with Crippen molar-refractivity contribution in [2.45, 2.75) is 439 Å². The normalized spacial score (nSPS) is 14.2. The van der Waals surface area contributed by atoms with Gasteiger partial charge in [0, 0.05) is 25.7 Å². The number of ether oxygens (including phenoxy) is 4. The Balaban J connectivity index is 5.25. The number of esters is 4. The van der Waals surface area contributed by atoms with E-state index in [1.807, 2.05) is 0 Å². The molecule has 0 saturated carbocycles. The zero-order valence-electron chi connectivity index (χ0n) is 64.8. The summed E-state index contributed by atoms with van der Waals surface area (Å²) in [6.07, 6.45) is 61.0. The lowest BCUT2D eigenvalue weighted by atomic mass is 10.00. The van der Waals surface area contributed by atoms with E-state index in [9.17, 15) is 43.2 Å². The zero-order chi connectivity index (χ0) is 72.8. The molecular formula is C80H156O17P2. The molecule has 3 N–H and O–H groups in total. The number of aliphatic hydroxyl groups excluding tert-OH is 1. The third kappa shape index (κ3) is 72.8. The molecule has 6 atom stereocenters. The second kappa shape index (κ2) is 71.7. The number of carbonyl (C=O) groups excluding carboxylic acids is 4. The standard InChI is InChI=1S/C80H156O17P2/c1-7-10-12-14-16-18-20-22-24-25-27-31-35-39-43-50-56-62-77(82)90-68-75(96-79(84)64-59-53-45-41-37-33-29-28-30-34-38-42-48-54-60-72(4)5)70-94-98(86,87)92-66-74(81)67-93-99(88,89)95-71-76(69-91-78(83)63-57-51-47-46-49-55-61-73(6)9-3)97-80(85)65-58-52-44-40-36-32-26-23-21-19-17-15-13-11-8-2/h72-76,81H,7-71H2,1-6H3,(H,86,87)(H,88,89)/t73?,74-,75-,76-/m1/s1. The average Bonchev–Trinajstić information content (AvgIpc) is 0.950. The van der Waals surface area contributed by atoms with E-state index in [0.717, 1.165) is 108 Å². The summed E-state index contributed by atoms with van der Waals surface area (Å²) in [5.74, 6) is -0.583. The van der Waals surface area contributed by atoms with Gasteiger partial charge in [0.25, 0.3) is 0 Å². The van der Waals surface area contributed by atoms with Gasteiger partial charge in [0.1, 0.15) is 19.3 Å². The van der Waals surface area contributed by atoms with Crippen molar-refractivity contribution in [3.05, 3.63) is 0 Å². The van der Waals surface area contributed by atoms with Gasteiger partial charge in [0.15, 0.2) is 12.2 Å². The van der Waals surface area contributed by atoms with Crippen LogP contribution in [0.25, 0.3) is 0 Å². The van der Waals surface area contributed by atoms with E-state index in [0.29, 0.717) is 25.7 Å². The summed E-state index contributed by atoms with van der Waals surface area (Å²) in [5, 5.41) is 10.6. The Hall–Kier alpha value is -1.94. The van der Waals surface area contributed by atoms with Gasteiger partial charge in [-0.2, -0.15) is 0 Å². The first-order valence-corrected chi connectivity index (χ1v) is 44.5. The molecule has 0 aliphatic rings. The van der Waals surface area contributed by atoms with Crippen LogP contribution < -0.4 is 0 Å². The molecule has 0 saturated heterocycles. The summed E-state index contributed by atoms with van der Waals surface area (Å²) in [5.41, 5.74) is 0. The maximum absolute atomic E-state index is 13.1. The molecule has 0 bridgehead atoms. The Morgan fingerprint density at radius 2 is 0.515 bits per heavy atom. The molecule has 0 fully saturated rings. The smallest absolute Gasteiger partial charge is 0.462 e. The Kier molecular flexibility index (Phi) is 70.3. The first-order chi connectivity index (χ1) is 47.9. The highest BCUT2D eigenvalue weighted by Gasteiger charge is 2.30. The fourth-order valence-electron chi connectivity index (χ4n) is 12.3. The highest BCUT2D eigenvalue weighted by molar-refractivity contribution is 7.47. The Morgan fingerprint density at radius 1 is 0.293 bits per heavy atom. The third-order valence-corrected chi connectivity index (χ3v) is 21.0. The number of rotatable bonds is 79. The molecule has 0 heterocycles. The van der Waals surface area contributed by atoms with Crippen molar-refractivity contribution >= 4 is 39.5 Å². The number of phosphoric ester groups is 2. The molecule has 19 heteroatoms. The SMILES string of the molecule is CCCCCCCCCCCCCCCCCCCC(=O)OC[C@H](COP(=O)(O)OC[C@@H](O)COP(=O)(O)OC[C@@H](COC(=O)CCCCCCCCC(C)CC)OC(=O)CCCCCCCCCCCCCCCCC)OC(=O)CCCCCCCCCCCCCCCCC(C)C. The van der Waals surface area contributed by atoms with Gasteiger partial charge >= 0.3 is 39.5 Å². The molecule has 0 aliphatic heterocycles. The second-order valence-electron chi connectivity index (χ2n) is 29.5. The van der Waals surface area contributed by atoms with Crippen LogP contribution in [-0.2, 0) is 65.4 Å². The maximum atomic E-state index is 13.1. The van der Waals surface area contributed by atoms with Crippen molar-refractivity contribution in [2.24, 2.45) is 11.8 Å². The molecule has 0 amide bonds. The first kappa shape index (κ1) is 97.1. The molecule has 0 radical (unpaired) electrons. The number of phosphoric acid groups is 2. The molecule has 99 heavy (non-hydrogen) atoms. The van der Waals surface area contributed by atoms with Crippen molar-refractivity contribution in [2.75, 3.05) is 39.6 Å². The van der Waals surface area contributed by atoms with Gasteiger partial charge in [-0.1, -0.05) is 369 Å². The van der Waals surface area contributed by atoms with Crippen LogP contribution in [0.15, 0.2) is 0 Å². The van der Waals surface area contributed by atoms with Crippen LogP contribution in [0.3, 0.4) is 0 Å². The van der Waals surface area contributed by atoms with Gasteiger partial charge in [0.05, 0.1) is 26.4 Å². The predicted molar refractivity (Wildman–Crippen MR) is 405 cm³/mol. The van der Waals surface area contributed by atoms with E-state index in [2.05, 4.69) is 41.5 Å². The minimum atomic E-state index is -4.96. The fraction of sp³-hybridized carbons (Fsp3) is 0.950. The van der Waals surface area contributed by atoms with Crippen LogP contribution in [0, 0.1) is 11.8 Å².